The van der Waals surface area contributed by atoms with Crippen molar-refractivity contribution < 1.29 is 9.66 Å². The van der Waals surface area contributed by atoms with E-state index in [0.29, 0.717) is 19.0 Å². The van der Waals surface area contributed by atoms with E-state index in [0.717, 1.165) is 25.6 Å². The number of rotatable bonds is 8. The van der Waals surface area contributed by atoms with Crippen LogP contribution in [0.1, 0.15) is 23.8 Å². The van der Waals surface area contributed by atoms with Crippen molar-refractivity contribution in [3.8, 4) is 0 Å². The second-order valence-electron chi connectivity index (χ2n) is 5.51. The van der Waals surface area contributed by atoms with Gasteiger partial charge in [0.2, 0.25) is 0 Å². The van der Waals surface area contributed by atoms with Gasteiger partial charge in [0.15, 0.2) is 5.82 Å². The van der Waals surface area contributed by atoms with Crippen molar-refractivity contribution in [3.63, 3.8) is 0 Å². The molecule has 1 atom stereocenters. The van der Waals surface area contributed by atoms with Crippen LogP contribution in [-0.2, 0) is 11.2 Å². The van der Waals surface area contributed by atoms with Gasteiger partial charge < -0.3 is 15.4 Å². The Morgan fingerprint density at radius 3 is 3.04 bits per heavy atom. The van der Waals surface area contributed by atoms with Gasteiger partial charge in [-0.1, -0.05) is 24.3 Å². The van der Waals surface area contributed by atoms with Crippen molar-refractivity contribution in [2.45, 2.75) is 19.1 Å². The van der Waals surface area contributed by atoms with Crippen LogP contribution in [0.25, 0.3) is 0 Å². The van der Waals surface area contributed by atoms with Crippen LogP contribution in [0.2, 0.25) is 0 Å². The number of benzene rings is 1. The zero-order valence-corrected chi connectivity index (χ0v) is 13.6. The first-order chi connectivity index (χ1) is 11.1. The van der Waals surface area contributed by atoms with Gasteiger partial charge in [0, 0.05) is 20.1 Å². The molecule has 0 saturated heterocycles. The van der Waals surface area contributed by atoms with Crippen LogP contribution in [0, 0.1) is 10.1 Å². The van der Waals surface area contributed by atoms with Gasteiger partial charge in [-0.25, -0.2) is 0 Å². The van der Waals surface area contributed by atoms with Crippen molar-refractivity contribution in [2.24, 2.45) is 0 Å². The molecule has 1 aliphatic heterocycles. The van der Waals surface area contributed by atoms with E-state index in [1.54, 1.807) is 7.05 Å². The maximum Gasteiger partial charge on any atom is 0.274 e. The average molecular weight is 320 g/mol. The number of ether oxygens (including phenoxy) is 1. The topological polar surface area (TPSA) is 79.7 Å². The van der Waals surface area contributed by atoms with Gasteiger partial charge >= 0.3 is 0 Å². The first-order valence-corrected chi connectivity index (χ1v) is 7.78. The van der Waals surface area contributed by atoms with Crippen LogP contribution in [0.3, 0.4) is 0 Å². The maximum absolute atomic E-state index is 10.4. The molecule has 2 N–H and O–H groups in total. The van der Waals surface area contributed by atoms with E-state index in [-0.39, 0.29) is 6.23 Å². The molecule has 7 nitrogen and oxygen atoms in total. The lowest BCUT2D eigenvalue weighted by Gasteiger charge is -2.34. The molecule has 0 fully saturated rings. The Morgan fingerprint density at radius 1 is 1.52 bits per heavy atom. The molecule has 1 aromatic rings. The summed E-state index contributed by atoms with van der Waals surface area (Å²) in [7, 11) is 3.71. The molecular weight excluding hydrogens is 296 g/mol. The van der Waals surface area contributed by atoms with Crippen LogP contribution >= 0.6 is 0 Å². The lowest BCUT2D eigenvalue weighted by molar-refractivity contribution is -0.404. The number of hydrogen-bond acceptors (Lipinski definition) is 6. The summed E-state index contributed by atoms with van der Waals surface area (Å²) in [6.45, 7) is 2.18. The number of nitrogens with zero attached hydrogens (tertiary/aromatic N) is 2. The van der Waals surface area contributed by atoms with Gasteiger partial charge in [-0.05, 0) is 31.0 Å². The lowest BCUT2D eigenvalue weighted by Crippen LogP contribution is -2.34. The zero-order valence-electron chi connectivity index (χ0n) is 13.6. The highest BCUT2D eigenvalue weighted by atomic mass is 16.6. The summed E-state index contributed by atoms with van der Waals surface area (Å²) in [6, 6.07) is 8.37. The van der Waals surface area contributed by atoms with Crippen molar-refractivity contribution in [2.75, 3.05) is 33.8 Å². The molecule has 1 unspecified atom stereocenters. The molecule has 1 aromatic carbocycles. The number of nitro groups is 1. The minimum Gasteiger partial charge on any atom is -0.370 e. The van der Waals surface area contributed by atoms with Crippen LogP contribution in [0.15, 0.2) is 36.3 Å². The Hall–Kier alpha value is -2.12. The number of hydrogen-bond donors (Lipinski definition) is 2. The Bertz CT molecular complexity index is 562. The molecule has 0 spiro atoms. The molecule has 0 saturated carbocycles. The van der Waals surface area contributed by atoms with Gasteiger partial charge in [-0.15, -0.1) is 0 Å². The molecule has 0 radical (unpaired) electrons. The fourth-order valence-corrected chi connectivity index (χ4v) is 2.67. The molecule has 1 aliphatic rings. The standard InChI is InChI=1S/C16H24N4O3/c1-17-15(12-20(21)22)18-9-5-11-23-16-14-7-4-3-6-13(14)8-10-19(16)2/h3-4,6-7,12,16-18H,5,8-11H2,1-2H3/b15-12+. The maximum atomic E-state index is 10.4. The smallest absolute Gasteiger partial charge is 0.274 e. The predicted molar refractivity (Wildman–Crippen MR) is 88.2 cm³/mol. The highest BCUT2D eigenvalue weighted by Gasteiger charge is 2.24. The number of likely N-dealkylation sites (N-methyl/N-ethyl adjacent to an activating group) is 1. The van der Waals surface area contributed by atoms with E-state index in [9.17, 15) is 10.1 Å². The zero-order chi connectivity index (χ0) is 16.7. The van der Waals surface area contributed by atoms with Crippen molar-refractivity contribution in [1.82, 2.24) is 15.5 Å². The second kappa shape index (κ2) is 8.50. The molecule has 0 aromatic heterocycles. The van der Waals surface area contributed by atoms with Crippen LogP contribution < -0.4 is 10.6 Å². The third-order valence-corrected chi connectivity index (χ3v) is 3.87. The van der Waals surface area contributed by atoms with E-state index in [2.05, 4.69) is 40.8 Å². The minimum atomic E-state index is -0.483. The normalized spacial score (nSPS) is 18.3. The molecule has 0 bridgehead atoms. The minimum absolute atomic E-state index is 0.0157. The van der Waals surface area contributed by atoms with Crippen LogP contribution in [0.4, 0.5) is 0 Å². The van der Waals surface area contributed by atoms with E-state index in [1.165, 1.54) is 11.1 Å². The summed E-state index contributed by atoms with van der Waals surface area (Å²) >= 11 is 0. The fraction of sp³-hybridized carbons (Fsp3) is 0.500. The molecule has 2 rings (SSSR count). The average Bonchev–Trinajstić information content (AvgIpc) is 2.54. The largest absolute Gasteiger partial charge is 0.370 e. The Kier molecular flexibility index (Phi) is 6.37. The summed E-state index contributed by atoms with van der Waals surface area (Å²) in [5, 5.41) is 16.2. The SMILES string of the molecule is CN/C(=C\[N+](=O)[O-])NCCCOC1c2ccccc2CCN1C. The van der Waals surface area contributed by atoms with Gasteiger partial charge in [-0.3, -0.25) is 15.0 Å². The highest BCUT2D eigenvalue weighted by Crippen LogP contribution is 2.29. The molecule has 0 aliphatic carbocycles. The summed E-state index contributed by atoms with van der Waals surface area (Å²) in [5.74, 6) is 0.398. The van der Waals surface area contributed by atoms with Gasteiger partial charge in [0.05, 0.1) is 11.5 Å². The van der Waals surface area contributed by atoms with Crippen LogP contribution in [0.5, 0.6) is 0 Å². The van der Waals surface area contributed by atoms with E-state index in [4.69, 9.17) is 4.74 Å². The molecular formula is C16H24N4O3. The van der Waals surface area contributed by atoms with Gasteiger partial charge in [0.25, 0.3) is 6.20 Å². The Labute approximate surface area is 136 Å². The van der Waals surface area contributed by atoms with Crippen molar-refractivity contribution >= 4 is 0 Å². The van der Waals surface area contributed by atoms with E-state index in [1.807, 2.05) is 6.07 Å². The number of fused-ring (bicyclic) bond motifs is 1. The quantitative estimate of drug-likeness (QED) is 0.429. The van der Waals surface area contributed by atoms with Crippen LogP contribution in [-0.4, -0.2) is 43.6 Å². The van der Waals surface area contributed by atoms with E-state index < -0.39 is 4.92 Å². The molecule has 1 heterocycles. The fourth-order valence-electron chi connectivity index (χ4n) is 2.67. The molecule has 7 heteroatoms. The monoisotopic (exact) mass is 320 g/mol. The highest BCUT2D eigenvalue weighted by molar-refractivity contribution is 5.31. The predicted octanol–water partition coefficient (Wildman–Crippen LogP) is 1.46. The van der Waals surface area contributed by atoms with E-state index >= 15 is 0 Å². The first kappa shape index (κ1) is 17.2. The van der Waals surface area contributed by atoms with Gasteiger partial charge in [0.1, 0.15) is 6.23 Å². The third-order valence-electron chi connectivity index (χ3n) is 3.87. The Balaban J connectivity index is 1.79. The molecule has 0 amide bonds. The summed E-state index contributed by atoms with van der Waals surface area (Å²) < 4.78 is 6.03. The summed E-state index contributed by atoms with van der Waals surface area (Å²) in [4.78, 5) is 12.2. The van der Waals surface area contributed by atoms with Gasteiger partial charge in [-0.2, -0.15) is 0 Å². The molecule has 23 heavy (non-hydrogen) atoms. The molecule has 126 valence electrons. The summed E-state index contributed by atoms with van der Waals surface area (Å²) in [6.07, 6.45) is 2.72. The number of nitrogens with one attached hydrogen (secondary N) is 2. The second-order valence-corrected chi connectivity index (χ2v) is 5.51. The van der Waals surface area contributed by atoms with Crippen molar-refractivity contribution in [1.29, 1.82) is 0 Å². The third kappa shape index (κ3) is 4.94. The first-order valence-electron chi connectivity index (χ1n) is 7.78. The van der Waals surface area contributed by atoms with Crippen molar-refractivity contribution in [3.05, 3.63) is 57.5 Å². The summed E-state index contributed by atoms with van der Waals surface area (Å²) in [5.41, 5.74) is 2.58. The lowest BCUT2D eigenvalue weighted by atomic mass is 9.99. The Morgan fingerprint density at radius 2 is 2.30 bits per heavy atom.